The SMILES string of the molecule is C#Cc1cccc2sc(NC(=O)c3c(F)cc(N4CCN(C(N)=O)CC4)cc3F)nc12. The van der Waals surface area contributed by atoms with Gasteiger partial charge in [0.15, 0.2) is 5.13 Å². The van der Waals surface area contributed by atoms with E-state index in [0.717, 1.165) is 28.2 Å². The van der Waals surface area contributed by atoms with Crippen molar-refractivity contribution in [2.45, 2.75) is 0 Å². The molecule has 1 saturated heterocycles. The number of terminal acetylenes is 1. The number of piperazine rings is 1. The average molecular weight is 441 g/mol. The number of halogens is 2. The molecule has 10 heteroatoms. The van der Waals surface area contributed by atoms with Crippen molar-refractivity contribution in [2.75, 3.05) is 36.4 Å². The van der Waals surface area contributed by atoms with Crippen LogP contribution in [-0.2, 0) is 0 Å². The van der Waals surface area contributed by atoms with Gasteiger partial charge in [-0.25, -0.2) is 18.6 Å². The summed E-state index contributed by atoms with van der Waals surface area (Å²) in [4.78, 5) is 31.2. The minimum absolute atomic E-state index is 0.188. The molecular formula is C21H17F2N5O2S. The van der Waals surface area contributed by atoms with Crippen LogP contribution in [0.25, 0.3) is 10.2 Å². The predicted octanol–water partition coefficient (Wildman–Crippen LogP) is 3.01. The number of nitrogens with two attached hydrogens (primary N) is 1. The molecule has 3 aromatic rings. The van der Waals surface area contributed by atoms with Crippen molar-refractivity contribution in [3.63, 3.8) is 0 Å². The Kier molecular flexibility index (Phi) is 5.44. The first-order valence-corrected chi connectivity index (χ1v) is 10.1. The molecule has 0 bridgehead atoms. The van der Waals surface area contributed by atoms with Crippen LogP contribution in [0.3, 0.4) is 0 Å². The highest BCUT2D eigenvalue weighted by Gasteiger charge is 2.24. The number of primary amides is 1. The molecule has 0 unspecified atom stereocenters. The molecule has 7 nitrogen and oxygen atoms in total. The molecule has 2 aromatic carbocycles. The Morgan fingerprint density at radius 3 is 2.45 bits per heavy atom. The second-order valence-corrected chi connectivity index (χ2v) is 7.90. The van der Waals surface area contributed by atoms with Crippen molar-refractivity contribution in [1.82, 2.24) is 9.88 Å². The number of fused-ring (bicyclic) bond motifs is 1. The van der Waals surface area contributed by atoms with Gasteiger partial charge in [-0.2, -0.15) is 0 Å². The maximum absolute atomic E-state index is 14.7. The van der Waals surface area contributed by atoms with E-state index in [0.29, 0.717) is 37.3 Å². The van der Waals surface area contributed by atoms with Crippen molar-refractivity contribution in [1.29, 1.82) is 0 Å². The van der Waals surface area contributed by atoms with Crippen molar-refractivity contribution < 1.29 is 18.4 Å². The fourth-order valence-electron chi connectivity index (χ4n) is 3.42. The molecule has 158 valence electrons. The van der Waals surface area contributed by atoms with Crippen LogP contribution in [0.15, 0.2) is 30.3 Å². The number of aromatic nitrogens is 1. The highest BCUT2D eigenvalue weighted by Crippen LogP contribution is 2.29. The van der Waals surface area contributed by atoms with E-state index in [1.54, 1.807) is 23.1 Å². The molecule has 1 aliphatic rings. The maximum atomic E-state index is 14.7. The third kappa shape index (κ3) is 4.00. The van der Waals surface area contributed by atoms with Crippen LogP contribution >= 0.6 is 11.3 Å². The Bertz CT molecular complexity index is 1210. The first-order chi connectivity index (χ1) is 14.9. The number of amides is 3. The molecule has 4 rings (SSSR count). The fourth-order valence-corrected chi connectivity index (χ4v) is 4.31. The molecule has 31 heavy (non-hydrogen) atoms. The van der Waals surface area contributed by atoms with Crippen LogP contribution < -0.4 is 16.0 Å². The van der Waals surface area contributed by atoms with Gasteiger partial charge in [0.25, 0.3) is 5.91 Å². The molecule has 0 saturated carbocycles. The Balaban J connectivity index is 1.54. The number of para-hydroxylation sites is 1. The van der Waals surface area contributed by atoms with Crippen LogP contribution in [0.4, 0.5) is 24.4 Å². The zero-order valence-electron chi connectivity index (χ0n) is 16.2. The highest BCUT2D eigenvalue weighted by atomic mass is 32.1. The monoisotopic (exact) mass is 441 g/mol. The van der Waals surface area contributed by atoms with E-state index in [4.69, 9.17) is 12.2 Å². The van der Waals surface area contributed by atoms with Crippen molar-refractivity contribution in [3.8, 4) is 12.3 Å². The lowest BCUT2D eigenvalue weighted by atomic mass is 10.1. The van der Waals surface area contributed by atoms with Gasteiger partial charge in [-0.15, -0.1) is 6.42 Å². The molecule has 3 amide bonds. The van der Waals surface area contributed by atoms with Gasteiger partial charge in [0.2, 0.25) is 0 Å². The van der Waals surface area contributed by atoms with E-state index in [9.17, 15) is 18.4 Å². The van der Waals surface area contributed by atoms with Crippen LogP contribution in [0, 0.1) is 24.0 Å². The number of carbonyl (C=O) groups excluding carboxylic acids is 2. The summed E-state index contributed by atoms with van der Waals surface area (Å²) < 4.78 is 30.1. The van der Waals surface area contributed by atoms with Gasteiger partial charge in [-0.1, -0.05) is 23.3 Å². The lowest BCUT2D eigenvalue weighted by molar-refractivity contribution is 0.101. The first-order valence-electron chi connectivity index (χ1n) is 9.33. The summed E-state index contributed by atoms with van der Waals surface area (Å²) in [5.74, 6) is -0.413. The van der Waals surface area contributed by atoms with Crippen LogP contribution in [0.1, 0.15) is 15.9 Å². The molecule has 0 atom stereocenters. The van der Waals surface area contributed by atoms with Gasteiger partial charge < -0.3 is 15.5 Å². The summed E-state index contributed by atoms with van der Waals surface area (Å²) in [5.41, 5.74) is 5.94. The second kappa shape index (κ2) is 8.20. The van der Waals surface area contributed by atoms with Gasteiger partial charge in [-0.3, -0.25) is 10.1 Å². The second-order valence-electron chi connectivity index (χ2n) is 6.87. The third-order valence-electron chi connectivity index (χ3n) is 5.01. The number of urea groups is 1. The van der Waals surface area contributed by atoms with Gasteiger partial charge in [0.05, 0.1) is 15.8 Å². The molecular weight excluding hydrogens is 424 g/mol. The zero-order valence-corrected chi connectivity index (χ0v) is 17.0. The number of hydrogen-bond acceptors (Lipinski definition) is 5. The Morgan fingerprint density at radius 1 is 1.16 bits per heavy atom. The average Bonchev–Trinajstić information content (AvgIpc) is 3.15. The van der Waals surface area contributed by atoms with Crippen LogP contribution in [-0.4, -0.2) is 48.0 Å². The number of anilines is 2. The zero-order chi connectivity index (χ0) is 22.1. The normalized spacial score (nSPS) is 13.8. The molecule has 0 spiro atoms. The van der Waals surface area contributed by atoms with E-state index in [-0.39, 0.29) is 10.8 Å². The van der Waals surface area contributed by atoms with Gasteiger partial charge in [0, 0.05) is 31.9 Å². The van der Waals surface area contributed by atoms with Crippen molar-refractivity contribution in [3.05, 3.63) is 53.1 Å². The summed E-state index contributed by atoms with van der Waals surface area (Å²) in [5, 5.41) is 2.63. The Morgan fingerprint density at radius 2 is 1.84 bits per heavy atom. The van der Waals surface area contributed by atoms with Crippen molar-refractivity contribution >= 4 is 44.3 Å². The van der Waals surface area contributed by atoms with Gasteiger partial charge in [-0.05, 0) is 24.3 Å². The summed E-state index contributed by atoms with van der Waals surface area (Å²) in [6.07, 6.45) is 5.45. The minimum atomic E-state index is -0.991. The number of carbonyl (C=O) groups is 2. The third-order valence-corrected chi connectivity index (χ3v) is 5.94. The summed E-state index contributed by atoms with van der Waals surface area (Å²) in [6.45, 7) is 1.43. The molecule has 0 aliphatic carbocycles. The topological polar surface area (TPSA) is 91.6 Å². The van der Waals surface area contributed by atoms with Crippen molar-refractivity contribution in [2.24, 2.45) is 5.73 Å². The molecule has 1 aromatic heterocycles. The summed E-state index contributed by atoms with van der Waals surface area (Å²) in [6, 6.07) is 6.95. The number of hydrogen-bond donors (Lipinski definition) is 2. The highest BCUT2D eigenvalue weighted by molar-refractivity contribution is 7.22. The van der Waals surface area contributed by atoms with E-state index in [2.05, 4.69) is 16.2 Å². The Labute approximate surface area is 180 Å². The number of nitrogens with zero attached hydrogens (tertiary/aromatic N) is 3. The van der Waals surface area contributed by atoms with Crippen LogP contribution in [0.5, 0.6) is 0 Å². The number of rotatable bonds is 3. The molecule has 2 heterocycles. The van der Waals surface area contributed by atoms with E-state index >= 15 is 0 Å². The summed E-state index contributed by atoms with van der Waals surface area (Å²) in [7, 11) is 0. The lowest BCUT2D eigenvalue weighted by Gasteiger charge is -2.35. The number of benzene rings is 2. The minimum Gasteiger partial charge on any atom is -0.368 e. The van der Waals surface area contributed by atoms with Gasteiger partial charge >= 0.3 is 6.03 Å². The fraction of sp³-hybridized carbons (Fsp3) is 0.190. The van der Waals surface area contributed by atoms with E-state index in [1.165, 1.54) is 4.90 Å². The number of nitrogens with one attached hydrogen (secondary N) is 1. The van der Waals surface area contributed by atoms with E-state index < -0.39 is 29.1 Å². The smallest absolute Gasteiger partial charge is 0.314 e. The quantitative estimate of drug-likeness (QED) is 0.612. The molecule has 1 aliphatic heterocycles. The van der Waals surface area contributed by atoms with Crippen LogP contribution in [0.2, 0.25) is 0 Å². The molecule has 3 N–H and O–H groups in total. The predicted molar refractivity (Wildman–Crippen MR) is 115 cm³/mol. The first kappa shape index (κ1) is 20.6. The Hall–Kier alpha value is -3.71. The summed E-state index contributed by atoms with van der Waals surface area (Å²) >= 11 is 1.16. The lowest BCUT2D eigenvalue weighted by Crippen LogP contribution is -2.50. The molecule has 0 radical (unpaired) electrons. The van der Waals surface area contributed by atoms with Gasteiger partial charge in [0.1, 0.15) is 17.2 Å². The maximum Gasteiger partial charge on any atom is 0.314 e. The number of thiazole rings is 1. The largest absolute Gasteiger partial charge is 0.368 e. The standard InChI is InChI=1S/C21H17F2N5O2S/c1-2-12-4-3-5-16-18(12)25-21(31-16)26-19(29)17-14(22)10-13(11-15(17)23)27-6-8-28(9-7-27)20(24)30/h1,3-5,10-11H,6-9H2,(H2,24,30)(H,25,26,29). The molecule has 1 fully saturated rings. The van der Waals surface area contributed by atoms with E-state index in [1.807, 2.05) is 0 Å².